The number of nitrogens with one attached hydrogen (secondary N) is 1. The van der Waals surface area contributed by atoms with Crippen molar-refractivity contribution in [2.45, 2.75) is 97.4 Å². The maximum atomic E-state index is 6.18. The van der Waals surface area contributed by atoms with Crippen molar-refractivity contribution in [2.24, 2.45) is 0 Å². The molecule has 180 valence electrons. The molecular weight excluding hydrogens is 406 g/mol. The summed E-state index contributed by atoms with van der Waals surface area (Å²) in [6.07, 6.45) is 15.5. The fourth-order valence-corrected chi connectivity index (χ4v) is 4.55. The first kappa shape index (κ1) is 25.1. The van der Waals surface area contributed by atoms with E-state index in [9.17, 15) is 0 Å². The minimum atomic E-state index is 0.595. The van der Waals surface area contributed by atoms with Crippen molar-refractivity contribution in [1.82, 2.24) is 4.98 Å². The number of hydrogen-bond acceptors (Lipinski definition) is 4. The second kappa shape index (κ2) is 13.2. The van der Waals surface area contributed by atoms with Gasteiger partial charge in [-0.1, -0.05) is 71.6 Å². The molecule has 0 saturated carbocycles. The van der Waals surface area contributed by atoms with Crippen molar-refractivity contribution in [1.29, 1.82) is 0 Å². The Morgan fingerprint density at radius 1 is 0.697 bits per heavy atom. The van der Waals surface area contributed by atoms with Gasteiger partial charge in [-0.25, -0.2) is 4.98 Å². The van der Waals surface area contributed by atoms with Crippen molar-refractivity contribution in [3.8, 4) is 0 Å². The molecule has 2 aromatic carbocycles. The molecule has 1 heterocycles. The molecule has 0 radical (unpaired) electrons. The van der Waals surface area contributed by atoms with Gasteiger partial charge in [-0.05, 0) is 31.0 Å². The molecule has 5 N–H and O–H groups in total. The third-order valence-electron chi connectivity index (χ3n) is 6.57. The molecule has 0 bridgehead atoms. The maximum Gasteiger partial charge on any atom is 0.233 e. The fraction of sp³-hybridized carbons (Fsp3) is 0.571. The Balaban J connectivity index is 1.77. The highest BCUT2D eigenvalue weighted by atomic mass is 15.0. The van der Waals surface area contributed by atoms with Crippen molar-refractivity contribution in [3.63, 3.8) is 0 Å². The Morgan fingerprint density at radius 2 is 1.30 bits per heavy atom. The largest absolute Gasteiger partial charge is 0.397 e. The van der Waals surface area contributed by atoms with E-state index in [2.05, 4.69) is 41.9 Å². The van der Waals surface area contributed by atoms with Gasteiger partial charge >= 0.3 is 0 Å². The van der Waals surface area contributed by atoms with E-state index in [1.807, 2.05) is 12.1 Å². The Hall–Kier alpha value is -2.56. The number of nitrogens with two attached hydrogens (primary N) is 2. The molecule has 5 heteroatoms. The number of nitrogen functional groups attached to an aromatic ring is 2. The summed E-state index contributed by atoms with van der Waals surface area (Å²) in [5.41, 5.74) is 18.8. The molecule has 0 aliphatic carbocycles. The van der Waals surface area contributed by atoms with Crippen LogP contribution >= 0.6 is 0 Å². The van der Waals surface area contributed by atoms with E-state index >= 15 is 0 Å². The molecule has 0 spiro atoms. The number of fused-ring (bicyclic) bond motifs is 2. The van der Waals surface area contributed by atoms with E-state index in [1.165, 1.54) is 70.6 Å². The van der Waals surface area contributed by atoms with Crippen LogP contribution in [0.3, 0.4) is 0 Å². The summed E-state index contributed by atoms with van der Waals surface area (Å²) in [4.78, 5) is 4.90. The Kier molecular flexibility index (Phi) is 10.0. The first-order chi connectivity index (χ1) is 16.1. The van der Waals surface area contributed by atoms with Crippen LogP contribution in [0, 0.1) is 0 Å². The molecule has 5 nitrogen and oxygen atoms in total. The van der Waals surface area contributed by atoms with Gasteiger partial charge in [0.05, 0.1) is 11.4 Å². The number of hydrogen-bond donors (Lipinski definition) is 3. The first-order valence-corrected chi connectivity index (χ1v) is 13.2. The quantitative estimate of drug-likeness (QED) is 0.101. The zero-order valence-corrected chi connectivity index (χ0v) is 20.8. The summed E-state index contributed by atoms with van der Waals surface area (Å²) in [7, 11) is 0. The number of nitrogens with zero attached hydrogens (tertiary/aromatic N) is 2. The molecule has 3 aromatic rings. The number of anilines is 3. The standard InChI is InChI=1S/C28H43N5/c1-3-5-7-9-11-13-17-31-22-15-16-25-27(19-22)33(18-14-12-10-8-6-4-2)28-21-24(30)23(29)20-26(28)32-25/h15-16,19-21H,3-14,17-18H2,1-2H3,(H4,29,30,31,32)/p+1. The third-order valence-corrected chi connectivity index (χ3v) is 6.57. The minimum Gasteiger partial charge on any atom is -0.397 e. The van der Waals surface area contributed by atoms with Gasteiger partial charge in [0, 0.05) is 30.8 Å². The van der Waals surface area contributed by atoms with Crippen LogP contribution in [0.5, 0.6) is 0 Å². The molecule has 0 fully saturated rings. The van der Waals surface area contributed by atoms with E-state index in [0.717, 1.165) is 47.3 Å². The predicted octanol–water partition coefficient (Wildman–Crippen LogP) is 6.97. The first-order valence-electron chi connectivity index (χ1n) is 13.2. The van der Waals surface area contributed by atoms with Crippen LogP contribution in [0.15, 0.2) is 30.3 Å². The molecule has 0 saturated heterocycles. The second-order valence-electron chi connectivity index (χ2n) is 9.40. The monoisotopic (exact) mass is 450 g/mol. The lowest BCUT2D eigenvalue weighted by molar-refractivity contribution is -0.646. The van der Waals surface area contributed by atoms with Crippen LogP contribution in [-0.4, -0.2) is 11.5 Å². The summed E-state index contributed by atoms with van der Waals surface area (Å²) < 4.78 is 2.39. The Morgan fingerprint density at radius 3 is 2.03 bits per heavy atom. The van der Waals surface area contributed by atoms with Crippen LogP contribution in [0.1, 0.15) is 90.9 Å². The predicted molar refractivity (Wildman–Crippen MR) is 144 cm³/mol. The summed E-state index contributed by atoms with van der Waals surface area (Å²) in [6.45, 7) is 6.51. The van der Waals surface area contributed by atoms with Gasteiger partial charge in [-0.3, -0.25) is 0 Å². The molecule has 0 amide bonds. The zero-order valence-electron chi connectivity index (χ0n) is 20.8. The van der Waals surface area contributed by atoms with Gasteiger partial charge in [-0.2, -0.15) is 4.57 Å². The third kappa shape index (κ3) is 7.21. The smallest absolute Gasteiger partial charge is 0.233 e. The number of unbranched alkanes of at least 4 members (excludes halogenated alkanes) is 10. The molecule has 33 heavy (non-hydrogen) atoms. The zero-order chi connectivity index (χ0) is 23.5. The van der Waals surface area contributed by atoms with Crippen molar-refractivity contribution >= 4 is 39.1 Å². The van der Waals surface area contributed by atoms with Crippen molar-refractivity contribution in [3.05, 3.63) is 30.3 Å². The highest BCUT2D eigenvalue weighted by Crippen LogP contribution is 2.24. The molecule has 1 aromatic heterocycles. The van der Waals surface area contributed by atoms with E-state index in [1.54, 1.807) is 0 Å². The van der Waals surface area contributed by atoms with E-state index in [0.29, 0.717) is 11.4 Å². The SMILES string of the molecule is CCCCCCCCNc1ccc2nc3cc(N)c(N)cc3[n+](CCCCCCCC)c2c1. The topological polar surface area (TPSA) is 80.8 Å². The van der Waals surface area contributed by atoms with Crippen molar-refractivity contribution in [2.75, 3.05) is 23.3 Å². The number of aromatic nitrogens is 2. The minimum absolute atomic E-state index is 0.595. The van der Waals surface area contributed by atoms with E-state index in [4.69, 9.17) is 16.5 Å². The fourth-order valence-electron chi connectivity index (χ4n) is 4.55. The van der Waals surface area contributed by atoms with E-state index in [-0.39, 0.29) is 0 Å². The lowest BCUT2D eigenvalue weighted by Crippen LogP contribution is -2.36. The maximum absolute atomic E-state index is 6.18. The second-order valence-corrected chi connectivity index (χ2v) is 9.40. The van der Waals surface area contributed by atoms with Gasteiger partial charge in [0.1, 0.15) is 17.6 Å². The van der Waals surface area contributed by atoms with E-state index < -0.39 is 0 Å². The van der Waals surface area contributed by atoms with Gasteiger partial charge in [0.25, 0.3) is 0 Å². The molecular formula is C28H44N5+. The van der Waals surface area contributed by atoms with Gasteiger partial charge in [0.15, 0.2) is 0 Å². The van der Waals surface area contributed by atoms with Crippen LogP contribution < -0.4 is 21.4 Å². The number of rotatable bonds is 15. The average Bonchev–Trinajstić information content (AvgIpc) is 2.81. The lowest BCUT2D eigenvalue weighted by atomic mass is 10.1. The lowest BCUT2D eigenvalue weighted by Gasteiger charge is -2.10. The molecule has 0 aliphatic heterocycles. The normalized spacial score (nSPS) is 11.5. The highest BCUT2D eigenvalue weighted by Gasteiger charge is 2.18. The van der Waals surface area contributed by atoms with Crippen LogP contribution in [0.4, 0.5) is 17.1 Å². The molecule has 0 aliphatic rings. The van der Waals surface area contributed by atoms with Crippen molar-refractivity contribution < 1.29 is 4.57 Å². The average molecular weight is 451 g/mol. The van der Waals surface area contributed by atoms with Crippen LogP contribution in [0.2, 0.25) is 0 Å². The van der Waals surface area contributed by atoms with Crippen LogP contribution in [0.25, 0.3) is 22.1 Å². The highest BCUT2D eigenvalue weighted by molar-refractivity contribution is 5.88. The molecule has 0 unspecified atom stereocenters. The Labute approximate surface area is 200 Å². The molecule has 0 atom stereocenters. The summed E-state index contributed by atoms with van der Waals surface area (Å²) in [5, 5.41) is 3.63. The summed E-state index contributed by atoms with van der Waals surface area (Å²) in [5.74, 6) is 0. The van der Waals surface area contributed by atoms with Gasteiger partial charge in [0.2, 0.25) is 11.0 Å². The summed E-state index contributed by atoms with van der Waals surface area (Å²) in [6, 6.07) is 10.4. The number of aryl methyl sites for hydroxylation is 1. The number of benzene rings is 2. The van der Waals surface area contributed by atoms with Gasteiger partial charge < -0.3 is 16.8 Å². The molecule has 3 rings (SSSR count). The summed E-state index contributed by atoms with van der Waals surface area (Å²) >= 11 is 0. The Bertz CT molecular complexity index is 1010. The van der Waals surface area contributed by atoms with Crippen LogP contribution in [-0.2, 0) is 6.54 Å². The van der Waals surface area contributed by atoms with Gasteiger partial charge in [-0.15, -0.1) is 0 Å².